The Hall–Kier alpha value is -1.41. The zero-order valence-corrected chi connectivity index (χ0v) is 8.88. The average molecular weight is 252 g/mol. The number of nitrogen functional groups attached to an aromatic ring is 1. The predicted molar refractivity (Wildman–Crippen MR) is 53.7 cm³/mol. The van der Waals surface area contributed by atoms with Crippen molar-refractivity contribution in [2.24, 2.45) is 5.14 Å². The van der Waals surface area contributed by atoms with Crippen LogP contribution in [0.5, 0.6) is 5.75 Å². The summed E-state index contributed by atoms with van der Waals surface area (Å²) in [6.07, 6.45) is -2.70. The third kappa shape index (κ3) is 3.31. The molecule has 0 spiro atoms. The number of hydrogen-bond donors (Lipinski definition) is 2. The molecule has 0 fully saturated rings. The summed E-state index contributed by atoms with van der Waals surface area (Å²) in [5.74, 6) is -0.239. The largest absolute Gasteiger partial charge is 0.486 e. The van der Waals surface area contributed by atoms with Gasteiger partial charge in [0, 0.05) is 5.69 Å². The summed E-state index contributed by atoms with van der Waals surface area (Å²) in [7, 11) is -4.05. The van der Waals surface area contributed by atoms with Crippen LogP contribution < -0.4 is 15.6 Å². The molecular weight excluding hydrogens is 242 g/mol. The van der Waals surface area contributed by atoms with Crippen LogP contribution in [-0.2, 0) is 10.0 Å². The molecule has 5 nitrogen and oxygen atoms in total. The van der Waals surface area contributed by atoms with Gasteiger partial charge in [0.2, 0.25) is 10.0 Å². The molecular formula is C8H10F2N2O3S. The van der Waals surface area contributed by atoms with Crippen LogP contribution >= 0.6 is 0 Å². The van der Waals surface area contributed by atoms with Crippen molar-refractivity contribution in [2.75, 3.05) is 12.3 Å². The molecule has 1 aromatic rings. The highest BCUT2D eigenvalue weighted by Crippen LogP contribution is 2.25. The minimum atomic E-state index is -4.05. The van der Waals surface area contributed by atoms with E-state index < -0.39 is 28.0 Å². The molecule has 0 aromatic heterocycles. The quantitative estimate of drug-likeness (QED) is 0.765. The van der Waals surface area contributed by atoms with Crippen molar-refractivity contribution in [1.29, 1.82) is 0 Å². The molecule has 4 N–H and O–H groups in total. The maximum absolute atomic E-state index is 11.9. The molecule has 0 amide bonds. The molecule has 0 bridgehead atoms. The maximum Gasteiger partial charge on any atom is 0.272 e. The van der Waals surface area contributed by atoms with Crippen LogP contribution in [0, 0.1) is 0 Å². The van der Waals surface area contributed by atoms with E-state index in [2.05, 4.69) is 4.74 Å². The minimum Gasteiger partial charge on any atom is -0.486 e. The van der Waals surface area contributed by atoms with Crippen LogP contribution in [0.15, 0.2) is 23.1 Å². The highest BCUT2D eigenvalue weighted by Gasteiger charge is 2.16. The fourth-order valence-electron chi connectivity index (χ4n) is 1.02. The number of halogens is 2. The van der Waals surface area contributed by atoms with Gasteiger partial charge in [-0.2, -0.15) is 0 Å². The fraction of sp³-hybridized carbons (Fsp3) is 0.250. The highest BCUT2D eigenvalue weighted by atomic mass is 32.2. The summed E-state index contributed by atoms with van der Waals surface area (Å²) in [5.41, 5.74) is 5.50. The van der Waals surface area contributed by atoms with Crippen molar-refractivity contribution in [3.8, 4) is 5.75 Å². The van der Waals surface area contributed by atoms with Gasteiger partial charge < -0.3 is 10.5 Å². The summed E-state index contributed by atoms with van der Waals surface area (Å²) >= 11 is 0. The van der Waals surface area contributed by atoms with Crippen LogP contribution in [0.2, 0.25) is 0 Å². The van der Waals surface area contributed by atoms with E-state index in [0.717, 1.165) is 6.07 Å². The van der Waals surface area contributed by atoms with Crippen LogP contribution in [0.3, 0.4) is 0 Å². The molecule has 16 heavy (non-hydrogen) atoms. The number of sulfonamides is 1. The predicted octanol–water partition coefficient (Wildman–Crippen LogP) is 0.560. The van der Waals surface area contributed by atoms with E-state index in [-0.39, 0.29) is 11.4 Å². The summed E-state index contributed by atoms with van der Waals surface area (Å²) < 4.78 is 50.6. The lowest BCUT2D eigenvalue weighted by Crippen LogP contribution is -2.16. The van der Waals surface area contributed by atoms with E-state index in [9.17, 15) is 17.2 Å². The first-order valence-electron chi connectivity index (χ1n) is 4.14. The lowest BCUT2D eigenvalue weighted by molar-refractivity contribution is 0.0804. The Morgan fingerprint density at radius 3 is 2.50 bits per heavy atom. The van der Waals surface area contributed by atoms with Gasteiger partial charge in [-0.1, -0.05) is 0 Å². The third-order valence-corrected chi connectivity index (χ3v) is 2.57. The molecule has 1 rings (SSSR count). The second-order valence-corrected chi connectivity index (χ2v) is 4.48. The van der Waals surface area contributed by atoms with Crippen molar-refractivity contribution in [2.45, 2.75) is 11.3 Å². The number of benzene rings is 1. The third-order valence-electron chi connectivity index (χ3n) is 1.64. The van der Waals surface area contributed by atoms with Gasteiger partial charge in [0.1, 0.15) is 17.3 Å². The number of hydrogen-bond acceptors (Lipinski definition) is 4. The lowest BCUT2D eigenvalue weighted by atomic mass is 10.3. The second-order valence-electron chi connectivity index (χ2n) is 2.95. The van der Waals surface area contributed by atoms with Gasteiger partial charge >= 0.3 is 0 Å². The lowest BCUT2D eigenvalue weighted by Gasteiger charge is -2.10. The smallest absolute Gasteiger partial charge is 0.272 e. The summed E-state index contributed by atoms with van der Waals surface area (Å²) in [4.78, 5) is -0.409. The number of anilines is 1. The Kier molecular flexibility index (Phi) is 3.66. The molecule has 0 saturated heterocycles. The summed E-state index contributed by atoms with van der Waals surface area (Å²) in [5, 5.41) is 4.88. The fourth-order valence-corrected chi connectivity index (χ4v) is 1.73. The molecule has 0 heterocycles. The summed E-state index contributed by atoms with van der Waals surface area (Å²) in [6.45, 7) is -0.910. The van der Waals surface area contributed by atoms with Crippen LogP contribution in [-0.4, -0.2) is 21.5 Å². The van der Waals surface area contributed by atoms with E-state index in [1.54, 1.807) is 0 Å². The molecule has 0 aliphatic rings. The van der Waals surface area contributed by atoms with Crippen molar-refractivity contribution >= 4 is 15.7 Å². The summed E-state index contributed by atoms with van der Waals surface area (Å²) in [6, 6.07) is 3.56. The second kappa shape index (κ2) is 4.62. The van der Waals surface area contributed by atoms with Crippen molar-refractivity contribution < 1.29 is 21.9 Å². The van der Waals surface area contributed by atoms with E-state index >= 15 is 0 Å². The van der Waals surface area contributed by atoms with Crippen LogP contribution in [0.25, 0.3) is 0 Å². The van der Waals surface area contributed by atoms with Gasteiger partial charge in [-0.25, -0.2) is 22.3 Å². The Morgan fingerprint density at radius 2 is 2.00 bits per heavy atom. The van der Waals surface area contributed by atoms with Gasteiger partial charge in [0.05, 0.1) is 0 Å². The molecule has 8 heteroatoms. The normalized spacial score (nSPS) is 11.8. The monoisotopic (exact) mass is 252 g/mol. The Balaban J connectivity index is 3.09. The van der Waals surface area contributed by atoms with Crippen molar-refractivity contribution in [3.63, 3.8) is 0 Å². The van der Waals surface area contributed by atoms with Crippen molar-refractivity contribution in [3.05, 3.63) is 18.2 Å². The number of alkyl halides is 2. The Labute approximate surface area is 91.0 Å². The maximum atomic E-state index is 11.9. The molecule has 0 atom stereocenters. The standard InChI is InChI=1S/C8H10F2N2O3S/c9-8(10)4-15-6-2-1-5(11)3-7(6)16(12,13)14/h1-3,8H,4,11H2,(H2,12,13,14). The van der Waals surface area contributed by atoms with Gasteiger partial charge in [0.25, 0.3) is 6.43 Å². The molecule has 0 unspecified atom stereocenters. The van der Waals surface area contributed by atoms with E-state index in [4.69, 9.17) is 10.9 Å². The van der Waals surface area contributed by atoms with Gasteiger partial charge in [-0.15, -0.1) is 0 Å². The zero-order chi connectivity index (χ0) is 12.3. The first-order chi connectivity index (χ1) is 7.30. The van der Waals surface area contributed by atoms with E-state index in [1.165, 1.54) is 12.1 Å². The van der Waals surface area contributed by atoms with Gasteiger partial charge in [-0.3, -0.25) is 0 Å². The van der Waals surface area contributed by atoms with Crippen LogP contribution in [0.4, 0.5) is 14.5 Å². The Morgan fingerprint density at radius 1 is 1.38 bits per heavy atom. The Bertz CT molecular complexity index is 476. The molecule has 0 aliphatic carbocycles. The van der Waals surface area contributed by atoms with Gasteiger partial charge in [0.15, 0.2) is 0 Å². The van der Waals surface area contributed by atoms with E-state index in [1.807, 2.05) is 0 Å². The topological polar surface area (TPSA) is 95.4 Å². The molecule has 0 saturated carbocycles. The number of primary sulfonamides is 1. The van der Waals surface area contributed by atoms with E-state index in [0.29, 0.717) is 0 Å². The molecule has 90 valence electrons. The molecule has 0 radical (unpaired) electrons. The first-order valence-corrected chi connectivity index (χ1v) is 5.68. The zero-order valence-electron chi connectivity index (χ0n) is 8.06. The van der Waals surface area contributed by atoms with Crippen LogP contribution in [0.1, 0.15) is 0 Å². The molecule has 0 aliphatic heterocycles. The van der Waals surface area contributed by atoms with Gasteiger partial charge in [-0.05, 0) is 18.2 Å². The minimum absolute atomic E-state index is 0.147. The molecule has 1 aromatic carbocycles. The SMILES string of the molecule is Nc1ccc(OCC(F)F)c(S(N)(=O)=O)c1. The first kappa shape index (κ1) is 12.7. The number of rotatable bonds is 4. The van der Waals surface area contributed by atoms with Crippen molar-refractivity contribution in [1.82, 2.24) is 0 Å². The average Bonchev–Trinajstić information content (AvgIpc) is 2.14. The number of nitrogens with two attached hydrogens (primary N) is 2. The highest BCUT2D eigenvalue weighted by molar-refractivity contribution is 7.89. The number of ether oxygens (including phenoxy) is 1.